The van der Waals surface area contributed by atoms with Crippen LogP contribution >= 0.6 is 0 Å². The number of methoxy groups -OCH3 is 1. The minimum atomic E-state index is -4.12. The van der Waals surface area contributed by atoms with Crippen LogP contribution < -0.4 is 19.4 Å². The minimum absolute atomic E-state index is 0.000436. The number of hydrogen-bond acceptors (Lipinski definition) is 5. The topological polar surface area (TPSA) is 108 Å². The third-order valence-electron chi connectivity index (χ3n) is 3.47. The van der Waals surface area contributed by atoms with Gasteiger partial charge in [0.25, 0.3) is 0 Å². The number of nitrogens with two attached hydrogens (primary N) is 1. The summed E-state index contributed by atoms with van der Waals surface area (Å²) in [5.74, 6) is 0.751. The summed E-state index contributed by atoms with van der Waals surface area (Å²) in [4.78, 5) is 11.9. The van der Waals surface area contributed by atoms with Gasteiger partial charge in [0.2, 0.25) is 5.91 Å². The highest BCUT2D eigenvalue weighted by Crippen LogP contribution is 2.28. The zero-order valence-corrected chi connectivity index (χ0v) is 16.3. The first-order valence-electron chi connectivity index (χ1n) is 8.53. The van der Waals surface area contributed by atoms with E-state index in [9.17, 15) is 13.2 Å². The maximum Gasteiger partial charge on any atom is 0.380 e. The van der Waals surface area contributed by atoms with Gasteiger partial charge in [-0.05, 0) is 42.9 Å². The number of carbonyl (C=O) groups excluding carboxylic acids is 1. The van der Waals surface area contributed by atoms with Crippen LogP contribution in [0.15, 0.2) is 30.4 Å². The van der Waals surface area contributed by atoms with Crippen LogP contribution in [0.5, 0.6) is 11.5 Å². The van der Waals surface area contributed by atoms with E-state index in [1.54, 1.807) is 12.1 Å². The van der Waals surface area contributed by atoms with Crippen molar-refractivity contribution in [3.8, 4) is 11.5 Å². The van der Waals surface area contributed by atoms with Crippen molar-refractivity contribution in [3.05, 3.63) is 35.9 Å². The summed E-state index contributed by atoms with van der Waals surface area (Å²) >= 11 is 0. The van der Waals surface area contributed by atoms with Crippen LogP contribution in [0.4, 0.5) is 0 Å². The number of ether oxygens (including phenoxy) is 1. The van der Waals surface area contributed by atoms with Crippen molar-refractivity contribution in [2.24, 2.45) is 11.1 Å². The van der Waals surface area contributed by atoms with Crippen molar-refractivity contribution in [2.45, 2.75) is 46.1 Å². The standard InChI is InChI=1S/C18H28N2O5S/c1-14(2)8-6-4-5-7-9-18(21)20-13-15-10-11-16(17(12-15)24-3)25-26(19,22)23/h6,8,10-12,14H,4-5,7,9,13H2,1-3H3,(H,20,21)(H2,19,22,23). The summed E-state index contributed by atoms with van der Waals surface area (Å²) in [5.41, 5.74) is 0.761. The molecule has 0 saturated carbocycles. The molecule has 0 unspecified atom stereocenters. The lowest BCUT2D eigenvalue weighted by atomic mass is 10.1. The molecule has 0 heterocycles. The average Bonchev–Trinajstić information content (AvgIpc) is 2.55. The first-order valence-corrected chi connectivity index (χ1v) is 10.0. The van der Waals surface area contributed by atoms with Crippen LogP contribution in [-0.4, -0.2) is 21.4 Å². The Labute approximate surface area is 155 Å². The molecule has 7 nitrogen and oxygen atoms in total. The van der Waals surface area contributed by atoms with E-state index in [-0.39, 0.29) is 17.4 Å². The highest BCUT2D eigenvalue weighted by molar-refractivity contribution is 7.84. The Morgan fingerprint density at radius 2 is 2.00 bits per heavy atom. The van der Waals surface area contributed by atoms with Gasteiger partial charge in [0.15, 0.2) is 11.5 Å². The maximum atomic E-state index is 11.9. The second-order valence-corrected chi connectivity index (χ2v) is 7.41. The smallest absolute Gasteiger partial charge is 0.380 e. The molecular formula is C18H28N2O5S. The van der Waals surface area contributed by atoms with Gasteiger partial charge in [-0.3, -0.25) is 4.79 Å². The molecule has 1 aromatic rings. The molecule has 0 radical (unpaired) electrons. The van der Waals surface area contributed by atoms with Crippen molar-refractivity contribution >= 4 is 16.2 Å². The van der Waals surface area contributed by atoms with Gasteiger partial charge in [0.1, 0.15) is 0 Å². The first kappa shape index (κ1) is 22.0. The van der Waals surface area contributed by atoms with Crippen molar-refractivity contribution in [1.82, 2.24) is 5.32 Å². The number of carbonyl (C=O) groups is 1. The Kier molecular flexibility index (Phi) is 9.15. The van der Waals surface area contributed by atoms with Crippen molar-refractivity contribution in [2.75, 3.05) is 7.11 Å². The van der Waals surface area contributed by atoms with E-state index < -0.39 is 10.3 Å². The Hall–Kier alpha value is -2.06. The van der Waals surface area contributed by atoms with Gasteiger partial charge in [-0.25, -0.2) is 0 Å². The number of benzene rings is 1. The van der Waals surface area contributed by atoms with Gasteiger partial charge in [-0.15, -0.1) is 0 Å². The van der Waals surface area contributed by atoms with E-state index in [0.717, 1.165) is 24.8 Å². The van der Waals surface area contributed by atoms with E-state index in [1.807, 2.05) is 0 Å². The number of allylic oxidation sites excluding steroid dienone is 2. The van der Waals surface area contributed by atoms with Gasteiger partial charge in [0.05, 0.1) is 7.11 Å². The van der Waals surface area contributed by atoms with Gasteiger partial charge in [-0.1, -0.05) is 32.1 Å². The third kappa shape index (κ3) is 9.43. The summed E-state index contributed by atoms with van der Waals surface area (Å²) in [6.45, 7) is 4.58. The van der Waals surface area contributed by atoms with Crippen LogP contribution in [0.2, 0.25) is 0 Å². The molecule has 0 fully saturated rings. The minimum Gasteiger partial charge on any atom is -0.493 e. The molecule has 0 aromatic heterocycles. The van der Waals surface area contributed by atoms with Crippen molar-refractivity contribution < 1.29 is 22.1 Å². The molecule has 26 heavy (non-hydrogen) atoms. The Morgan fingerprint density at radius 1 is 1.27 bits per heavy atom. The molecule has 146 valence electrons. The van der Waals surface area contributed by atoms with E-state index >= 15 is 0 Å². The number of nitrogens with one attached hydrogen (secondary N) is 1. The predicted octanol–water partition coefficient (Wildman–Crippen LogP) is 2.67. The number of amides is 1. The predicted molar refractivity (Wildman–Crippen MR) is 101 cm³/mol. The first-order chi connectivity index (χ1) is 12.2. The van der Waals surface area contributed by atoms with Gasteiger partial charge >= 0.3 is 10.3 Å². The summed E-state index contributed by atoms with van der Waals surface area (Å²) in [6.07, 6.45) is 7.58. The van der Waals surface area contributed by atoms with Crippen LogP contribution in [0, 0.1) is 5.92 Å². The molecule has 0 aliphatic heterocycles. The lowest BCUT2D eigenvalue weighted by Crippen LogP contribution is -2.22. The fourth-order valence-corrected chi connectivity index (χ4v) is 2.61. The molecule has 0 aliphatic rings. The molecule has 0 atom stereocenters. The normalized spacial score (nSPS) is 11.7. The Bertz CT molecular complexity index is 714. The zero-order chi connectivity index (χ0) is 19.6. The summed E-state index contributed by atoms with van der Waals surface area (Å²) < 4.78 is 31.7. The summed E-state index contributed by atoms with van der Waals surface area (Å²) in [6, 6.07) is 4.67. The van der Waals surface area contributed by atoms with E-state index in [4.69, 9.17) is 9.88 Å². The van der Waals surface area contributed by atoms with E-state index in [1.165, 1.54) is 13.2 Å². The maximum absolute atomic E-state index is 11.9. The van der Waals surface area contributed by atoms with Gasteiger partial charge < -0.3 is 14.2 Å². The molecule has 0 aliphatic carbocycles. The molecule has 0 saturated heterocycles. The van der Waals surface area contributed by atoms with Gasteiger partial charge in [-0.2, -0.15) is 13.6 Å². The Morgan fingerprint density at radius 3 is 2.62 bits per heavy atom. The van der Waals surface area contributed by atoms with E-state index in [2.05, 4.69) is 35.5 Å². The number of unbranched alkanes of at least 4 members (excludes halogenated alkanes) is 2. The monoisotopic (exact) mass is 384 g/mol. The summed E-state index contributed by atoms with van der Waals surface area (Å²) in [7, 11) is -2.73. The highest BCUT2D eigenvalue weighted by Gasteiger charge is 2.12. The van der Waals surface area contributed by atoms with E-state index in [0.29, 0.717) is 18.9 Å². The largest absolute Gasteiger partial charge is 0.493 e. The Balaban J connectivity index is 2.43. The second kappa shape index (κ2) is 10.8. The highest BCUT2D eigenvalue weighted by atomic mass is 32.2. The van der Waals surface area contributed by atoms with Crippen molar-refractivity contribution in [3.63, 3.8) is 0 Å². The fraction of sp³-hybridized carbons (Fsp3) is 0.500. The van der Waals surface area contributed by atoms with Crippen LogP contribution in [0.3, 0.4) is 0 Å². The quantitative estimate of drug-likeness (QED) is 0.450. The molecule has 3 N–H and O–H groups in total. The third-order valence-corrected chi connectivity index (χ3v) is 3.88. The average molecular weight is 384 g/mol. The van der Waals surface area contributed by atoms with Gasteiger partial charge in [0, 0.05) is 13.0 Å². The van der Waals surface area contributed by atoms with Crippen LogP contribution in [-0.2, 0) is 21.6 Å². The second-order valence-electron chi connectivity index (χ2n) is 6.26. The number of hydrogen-bond donors (Lipinski definition) is 2. The molecule has 8 heteroatoms. The molecule has 1 rings (SSSR count). The molecule has 1 amide bonds. The molecule has 0 spiro atoms. The zero-order valence-electron chi connectivity index (χ0n) is 15.5. The van der Waals surface area contributed by atoms with Crippen LogP contribution in [0.1, 0.15) is 45.1 Å². The SMILES string of the molecule is COc1cc(CNC(=O)CCCCC=CC(C)C)ccc1OS(N)(=O)=O. The van der Waals surface area contributed by atoms with Crippen molar-refractivity contribution in [1.29, 1.82) is 0 Å². The lowest BCUT2D eigenvalue weighted by Gasteiger charge is -2.11. The molecule has 0 bridgehead atoms. The lowest BCUT2D eigenvalue weighted by molar-refractivity contribution is -0.121. The van der Waals surface area contributed by atoms with Crippen LogP contribution in [0.25, 0.3) is 0 Å². The number of rotatable bonds is 11. The summed E-state index contributed by atoms with van der Waals surface area (Å²) in [5, 5.41) is 7.68. The molecule has 1 aromatic carbocycles. The molecular weight excluding hydrogens is 356 g/mol. The fourth-order valence-electron chi connectivity index (χ4n) is 2.22.